The van der Waals surface area contributed by atoms with E-state index in [1.807, 2.05) is 45.0 Å². The van der Waals surface area contributed by atoms with Crippen LogP contribution in [-0.4, -0.2) is 17.7 Å². The van der Waals surface area contributed by atoms with Crippen molar-refractivity contribution >= 4 is 11.8 Å². The van der Waals surface area contributed by atoms with E-state index in [0.29, 0.717) is 12.5 Å². The number of anilines is 1. The Morgan fingerprint density at radius 3 is 2.19 bits per heavy atom. The van der Waals surface area contributed by atoms with Gasteiger partial charge >= 0.3 is 6.09 Å². The maximum Gasteiger partial charge on any atom is 0.411 e. The summed E-state index contributed by atoms with van der Waals surface area (Å²) in [7, 11) is 0. The van der Waals surface area contributed by atoms with Crippen molar-refractivity contribution in [1.29, 1.82) is 0 Å². The van der Waals surface area contributed by atoms with E-state index in [0.717, 1.165) is 11.3 Å². The number of benzene rings is 1. The Balaban J connectivity index is 0.00000225. The van der Waals surface area contributed by atoms with Gasteiger partial charge in [-0.1, -0.05) is 31.5 Å². The molecule has 0 fully saturated rings. The fraction of sp³-hybridized carbons (Fsp3) is 0.417. The molecule has 1 amide bonds. The van der Waals surface area contributed by atoms with Gasteiger partial charge in [0.15, 0.2) is 0 Å². The Morgan fingerprint density at radius 1 is 1.31 bits per heavy atom. The van der Waals surface area contributed by atoms with Gasteiger partial charge in [0.1, 0.15) is 0 Å². The first kappa shape index (κ1) is 15.6. The first-order chi connectivity index (χ1) is 7.00. The molecule has 3 nitrogen and oxygen atoms in total. The molecular formula is C12H17NO2Y. The number of hydrogen-bond donors (Lipinski definition) is 1. The number of aryl methyl sites for hydroxylation is 1. The average Bonchev–Trinajstić information content (AvgIpc) is 2.15. The summed E-state index contributed by atoms with van der Waals surface area (Å²) < 4.78 is 0. The molecule has 0 aliphatic carbocycles. The number of carbonyl (C=O) groups is 1. The van der Waals surface area contributed by atoms with Crippen LogP contribution in [-0.2, 0) is 32.7 Å². The molecular weight excluding hydrogens is 279 g/mol. The van der Waals surface area contributed by atoms with Crippen LogP contribution >= 0.6 is 0 Å². The molecule has 0 saturated heterocycles. The van der Waals surface area contributed by atoms with Crippen molar-refractivity contribution in [2.24, 2.45) is 5.92 Å². The molecule has 85 valence electrons. The molecule has 16 heavy (non-hydrogen) atoms. The minimum absolute atomic E-state index is 0. The maximum absolute atomic E-state index is 11.0. The van der Waals surface area contributed by atoms with Crippen LogP contribution in [0.3, 0.4) is 0 Å². The zero-order chi connectivity index (χ0) is 11.4. The van der Waals surface area contributed by atoms with Crippen LogP contribution in [0.5, 0.6) is 0 Å². The fourth-order valence-corrected chi connectivity index (χ4v) is 1.38. The van der Waals surface area contributed by atoms with Crippen molar-refractivity contribution < 1.29 is 42.6 Å². The summed E-state index contributed by atoms with van der Waals surface area (Å²) in [6, 6.07) is 7.52. The summed E-state index contributed by atoms with van der Waals surface area (Å²) in [5.41, 5.74) is 1.87. The van der Waals surface area contributed by atoms with Gasteiger partial charge in [-0.2, -0.15) is 0 Å². The van der Waals surface area contributed by atoms with Crippen molar-refractivity contribution in [2.75, 3.05) is 11.4 Å². The third kappa shape index (κ3) is 4.62. The molecule has 0 spiro atoms. The smallest absolute Gasteiger partial charge is 0.411 e. The predicted octanol–water partition coefficient (Wildman–Crippen LogP) is 3.13. The molecule has 4 heteroatoms. The van der Waals surface area contributed by atoms with Gasteiger partial charge in [-0.05, 0) is 25.0 Å². The summed E-state index contributed by atoms with van der Waals surface area (Å²) >= 11 is 0. The van der Waals surface area contributed by atoms with Crippen molar-refractivity contribution in [3.8, 4) is 0 Å². The fourth-order valence-electron chi connectivity index (χ4n) is 1.38. The molecule has 0 aliphatic heterocycles. The van der Waals surface area contributed by atoms with E-state index in [9.17, 15) is 4.79 Å². The Hall–Kier alpha value is -0.406. The second-order valence-electron chi connectivity index (χ2n) is 4.12. The van der Waals surface area contributed by atoms with Crippen molar-refractivity contribution in [1.82, 2.24) is 0 Å². The SMILES string of the molecule is Cc1ccc(N(CC(C)C)C(=O)O)cc1.[Y]. The number of rotatable bonds is 3. The van der Waals surface area contributed by atoms with E-state index in [1.165, 1.54) is 4.90 Å². The molecule has 0 saturated carbocycles. The van der Waals surface area contributed by atoms with Crippen LogP contribution in [0.15, 0.2) is 24.3 Å². The summed E-state index contributed by atoms with van der Waals surface area (Å²) in [5.74, 6) is 0.322. The number of amides is 1. The molecule has 1 rings (SSSR count). The van der Waals surface area contributed by atoms with Gasteiger partial charge in [-0.3, -0.25) is 4.90 Å². The van der Waals surface area contributed by atoms with E-state index >= 15 is 0 Å². The van der Waals surface area contributed by atoms with Gasteiger partial charge in [0.05, 0.1) is 0 Å². The molecule has 0 unspecified atom stereocenters. The third-order valence-electron chi connectivity index (χ3n) is 2.12. The van der Waals surface area contributed by atoms with Crippen LogP contribution in [0.2, 0.25) is 0 Å². The summed E-state index contributed by atoms with van der Waals surface area (Å²) in [6.07, 6.45) is -0.896. The third-order valence-corrected chi connectivity index (χ3v) is 2.12. The van der Waals surface area contributed by atoms with E-state index in [4.69, 9.17) is 5.11 Å². The van der Waals surface area contributed by atoms with E-state index < -0.39 is 6.09 Å². The van der Waals surface area contributed by atoms with Gasteiger partial charge in [-0.15, -0.1) is 0 Å². The molecule has 1 radical (unpaired) electrons. The molecule has 0 bridgehead atoms. The van der Waals surface area contributed by atoms with Gasteiger partial charge in [0, 0.05) is 44.9 Å². The minimum atomic E-state index is -0.896. The van der Waals surface area contributed by atoms with Gasteiger partial charge in [0.2, 0.25) is 0 Å². The average molecular weight is 296 g/mol. The topological polar surface area (TPSA) is 40.5 Å². The van der Waals surface area contributed by atoms with Crippen molar-refractivity contribution in [2.45, 2.75) is 20.8 Å². The summed E-state index contributed by atoms with van der Waals surface area (Å²) in [5, 5.41) is 9.07. The Labute approximate surface area is 122 Å². The summed E-state index contributed by atoms with van der Waals surface area (Å²) in [6.45, 7) is 6.52. The van der Waals surface area contributed by atoms with Crippen molar-refractivity contribution in [3.63, 3.8) is 0 Å². The Kier molecular flexibility index (Phi) is 6.85. The van der Waals surface area contributed by atoms with Crippen LogP contribution < -0.4 is 4.90 Å². The zero-order valence-corrected chi connectivity index (χ0v) is 12.8. The van der Waals surface area contributed by atoms with Crippen LogP contribution in [0.1, 0.15) is 19.4 Å². The van der Waals surface area contributed by atoms with Crippen LogP contribution in [0.25, 0.3) is 0 Å². The van der Waals surface area contributed by atoms with Gasteiger partial charge in [-0.25, -0.2) is 4.79 Å². The number of hydrogen-bond acceptors (Lipinski definition) is 1. The molecule has 0 aromatic heterocycles. The first-order valence-corrected chi connectivity index (χ1v) is 5.08. The largest absolute Gasteiger partial charge is 0.465 e. The molecule has 1 N–H and O–H groups in total. The van der Waals surface area contributed by atoms with Crippen LogP contribution in [0, 0.1) is 12.8 Å². The minimum Gasteiger partial charge on any atom is -0.465 e. The van der Waals surface area contributed by atoms with Crippen LogP contribution in [0.4, 0.5) is 10.5 Å². The van der Waals surface area contributed by atoms with Gasteiger partial charge in [0.25, 0.3) is 0 Å². The molecule has 1 aromatic rings. The maximum atomic E-state index is 11.0. The van der Waals surface area contributed by atoms with E-state index in [1.54, 1.807) is 0 Å². The monoisotopic (exact) mass is 296 g/mol. The number of carboxylic acid groups (broad SMARTS) is 1. The van der Waals surface area contributed by atoms with E-state index in [-0.39, 0.29) is 32.7 Å². The van der Waals surface area contributed by atoms with E-state index in [2.05, 4.69) is 0 Å². The standard InChI is InChI=1S/C12H17NO2.Y/c1-9(2)8-13(12(14)15)11-6-4-10(3)5-7-11;/h4-7,9H,8H2,1-3H3,(H,14,15);. The second kappa shape index (κ2) is 7.02. The normalized spacial score (nSPS) is 9.75. The van der Waals surface area contributed by atoms with Gasteiger partial charge < -0.3 is 5.11 Å². The Bertz CT molecular complexity index is 335. The molecule has 0 heterocycles. The molecule has 0 atom stereocenters. The second-order valence-corrected chi connectivity index (χ2v) is 4.12. The number of nitrogens with zero attached hydrogens (tertiary/aromatic N) is 1. The summed E-state index contributed by atoms with van der Waals surface area (Å²) in [4.78, 5) is 12.4. The zero-order valence-electron chi connectivity index (χ0n) is 9.97. The molecule has 0 aliphatic rings. The quantitative estimate of drug-likeness (QED) is 0.931. The predicted molar refractivity (Wildman–Crippen MR) is 61.4 cm³/mol. The Morgan fingerprint density at radius 2 is 1.81 bits per heavy atom. The molecule has 1 aromatic carbocycles. The van der Waals surface area contributed by atoms with Crippen molar-refractivity contribution in [3.05, 3.63) is 29.8 Å². The first-order valence-electron chi connectivity index (χ1n) is 5.08.